The number of aromatic nitrogens is 1. The summed E-state index contributed by atoms with van der Waals surface area (Å²) in [5.74, 6) is -0.883. The van der Waals surface area contributed by atoms with E-state index in [4.69, 9.17) is 18.9 Å². The first kappa shape index (κ1) is 19.6. The SMILES string of the molecule is COC(=O)c1sc2nc(CN(C)[C@H]3CCOC3)ccc2c1NC(=O)c1ccoc1. The van der Waals surface area contributed by atoms with Crippen molar-refractivity contribution in [1.29, 1.82) is 0 Å². The smallest absolute Gasteiger partial charge is 0.350 e. The van der Waals surface area contributed by atoms with Gasteiger partial charge in [0.2, 0.25) is 0 Å². The molecule has 3 aromatic rings. The van der Waals surface area contributed by atoms with Gasteiger partial charge in [-0.25, -0.2) is 9.78 Å². The molecule has 0 aromatic carbocycles. The molecule has 0 unspecified atom stereocenters. The number of furan rings is 1. The molecule has 1 saturated heterocycles. The number of nitrogens with zero attached hydrogens (tertiary/aromatic N) is 2. The predicted molar refractivity (Wildman–Crippen MR) is 108 cm³/mol. The molecule has 29 heavy (non-hydrogen) atoms. The number of hydrogen-bond acceptors (Lipinski definition) is 8. The number of pyridine rings is 1. The molecular formula is C20H21N3O5S. The Hall–Kier alpha value is -2.75. The van der Waals surface area contributed by atoms with Crippen molar-refractivity contribution in [3.63, 3.8) is 0 Å². The fraction of sp³-hybridized carbons (Fsp3) is 0.350. The first-order chi connectivity index (χ1) is 14.1. The Kier molecular flexibility index (Phi) is 5.61. The number of carbonyl (C=O) groups is 2. The van der Waals surface area contributed by atoms with Gasteiger partial charge in [0.15, 0.2) is 0 Å². The standard InChI is InChI=1S/C20H21N3O5S/c1-23(14-6-8-28-11-14)9-13-3-4-15-16(22-18(24)12-5-7-27-10-12)17(20(25)26-2)29-19(15)21-13/h3-5,7,10,14H,6,8-9,11H2,1-2H3,(H,22,24)/t14-/m0/s1. The minimum atomic E-state index is -0.516. The van der Waals surface area contributed by atoms with Crippen molar-refractivity contribution in [2.24, 2.45) is 0 Å². The Morgan fingerprint density at radius 1 is 1.38 bits per heavy atom. The van der Waals surface area contributed by atoms with Crippen LogP contribution in [0.3, 0.4) is 0 Å². The van der Waals surface area contributed by atoms with E-state index in [0.717, 1.165) is 25.3 Å². The number of carbonyl (C=O) groups excluding carboxylic acids is 2. The van der Waals surface area contributed by atoms with Gasteiger partial charge in [-0.1, -0.05) is 0 Å². The molecule has 9 heteroatoms. The topological polar surface area (TPSA) is 93.9 Å². The van der Waals surface area contributed by atoms with Gasteiger partial charge in [0, 0.05) is 24.6 Å². The first-order valence-electron chi connectivity index (χ1n) is 9.19. The summed E-state index contributed by atoms with van der Waals surface area (Å²) in [6.45, 7) is 2.19. The zero-order chi connectivity index (χ0) is 20.4. The zero-order valence-corrected chi connectivity index (χ0v) is 17.0. The second kappa shape index (κ2) is 8.32. The van der Waals surface area contributed by atoms with Crippen molar-refractivity contribution in [3.05, 3.63) is 46.9 Å². The summed E-state index contributed by atoms with van der Waals surface area (Å²) in [6.07, 6.45) is 3.77. The van der Waals surface area contributed by atoms with Crippen LogP contribution in [0.15, 0.2) is 35.1 Å². The van der Waals surface area contributed by atoms with Crippen LogP contribution in [0.1, 0.15) is 32.1 Å². The Morgan fingerprint density at radius 3 is 2.93 bits per heavy atom. The first-order valence-corrected chi connectivity index (χ1v) is 10.0. The molecule has 0 aliphatic carbocycles. The number of anilines is 1. The van der Waals surface area contributed by atoms with Crippen LogP contribution in [0.2, 0.25) is 0 Å². The predicted octanol–water partition coefficient (Wildman–Crippen LogP) is 3.15. The minimum Gasteiger partial charge on any atom is -0.472 e. The van der Waals surface area contributed by atoms with E-state index in [-0.39, 0.29) is 5.91 Å². The molecule has 1 amide bonds. The monoisotopic (exact) mass is 415 g/mol. The van der Waals surface area contributed by atoms with Crippen molar-refractivity contribution in [2.45, 2.75) is 19.0 Å². The third kappa shape index (κ3) is 4.02. The number of thiophene rings is 1. The summed E-state index contributed by atoms with van der Waals surface area (Å²) in [7, 11) is 3.36. The Labute approximate surface area is 171 Å². The van der Waals surface area contributed by atoms with Gasteiger partial charge < -0.3 is 19.2 Å². The Morgan fingerprint density at radius 2 is 2.24 bits per heavy atom. The molecule has 4 heterocycles. The molecule has 8 nitrogen and oxygen atoms in total. The molecule has 3 aromatic heterocycles. The van der Waals surface area contributed by atoms with Crippen LogP contribution >= 0.6 is 11.3 Å². The molecule has 0 saturated carbocycles. The third-order valence-electron chi connectivity index (χ3n) is 4.95. The number of hydrogen-bond donors (Lipinski definition) is 1. The number of fused-ring (bicyclic) bond motifs is 1. The van der Waals surface area contributed by atoms with Gasteiger partial charge in [-0.3, -0.25) is 9.69 Å². The summed E-state index contributed by atoms with van der Waals surface area (Å²) in [5, 5.41) is 3.50. The quantitative estimate of drug-likeness (QED) is 0.618. The Bertz CT molecular complexity index is 1020. The highest BCUT2D eigenvalue weighted by Gasteiger charge is 2.24. The fourth-order valence-electron chi connectivity index (χ4n) is 3.30. The second-order valence-corrected chi connectivity index (χ2v) is 7.85. The van der Waals surface area contributed by atoms with E-state index < -0.39 is 5.97 Å². The lowest BCUT2D eigenvalue weighted by molar-refractivity contribution is 0.0607. The average molecular weight is 415 g/mol. The third-order valence-corrected chi connectivity index (χ3v) is 6.03. The number of esters is 1. The van der Waals surface area contributed by atoms with Gasteiger partial charge in [0.25, 0.3) is 5.91 Å². The maximum atomic E-state index is 12.5. The molecule has 1 aliphatic rings. The average Bonchev–Trinajstić information content (AvgIpc) is 3.48. The zero-order valence-electron chi connectivity index (χ0n) is 16.1. The Balaban J connectivity index is 1.64. The van der Waals surface area contributed by atoms with Gasteiger partial charge >= 0.3 is 5.97 Å². The van der Waals surface area contributed by atoms with Crippen molar-refractivity contribution in [3.8, 4) is 0 Å². The number of rotatable bonds is 6. The normalized spacial score (nSPS) is 16.4. The van der Waals surface area contributed by atoms with Gasteiger partial charge in [0.05, 0.1) is 36.9 Å². The number of amides is 1. The molecular weight excluding hydrogens is 394 g/mol. The highest BCUT2D eigenvalue weighted by Crippen LogP contribution is 2.36. The van der Waals surface area contributed by atoms with Crippen molar-refractivity contribution < 1.29 is 23.5 Å². The van der Waals surface area contributed by atoms with Crippen LogP contribution < -0.4 is 5.32 Å². The highest BCUT2D eigenvalue weighted by atomic mass is 32.1. The summed E-state index contributed by atoms with van der Waals surface area (Å²) in [4.78, 5) is 32.7. The summed E-state index contributed by atoms with van der Waals surface area (Å²) >= 11 is 1.20. The number of methoxy groups -OCH3 is 1. The lowest BCUT2D eigenvalue weighted by Gasteiger charge is -2.22. The molecule has 1 aliphatic heterocycles. The van der Waals surface area contributed by atoms with Gasteiger partial charge in [-0.15, -0.1) is 11.3 Å². The molecule has 4 rings (SSSR count). The molecule has 0 spiro atoms. The van der Waals surface area contributed by atoms with E-state index >= 15 is 0 Å². The fourth-order valence-corrected chi connectivity index (χ4v) is 4.37. The van der Waals surface area contributed by atoms with E-state index in [0.29, 0.717) is 38.9 Å². The molecule has 1 atom stereocenters. The van der Waals surface area contributed by atoms with Crippen molar-refractivity contribution in [1.82, 2.24) is 9.88 Å². The second-order valence-electron chi connectivity index (χ2n) is 6.85. The van der Waals surface area contributed by atoms with E-state index in [1.54, 1.807) is 6.07 Å². The van der Waals surface area contributed by atoms with E-state index in [9.17, 15) is 9.59 Å². The van der Waals surface area contributed by atoms with Crippen LogP contribution in [-0.4, -0.2) is 55.2 Å². The van der Waals surface area contributed by atoms with Gasteiger partial charge in [0.1, 0.15) is 16.0 Å². The van der Waals surface area contributed by atoms with E-state index in [2.05, 4.69) is 17.3 Å². The largest absolute Gasteiger partial charge is 0.472 e. The molecule has 0 radical (unpaired) electrons. The number of likely N-dealkylation sites (N-methyl/N-ethyl adjacent to an activating group) is 1. The molecule has 1 N–H and O–H groups in total. The molecule has 1 fully saturated rings. The van der Waals surface area contributed by atoms with Gasteiger partial charge in [-0.05, 0) is 31.7 Å². The van der Waals surface area contributed by atoms with Crippen LogP contribution in [0.5, 0.6) is 0 Å². The molecule has 0 bridgehead atoms. The highest BCUT2D eigenvalue weighted by molar-refractivity contribution is 7.21. The summed E-state index contributed by atoms with van der Waals surface area (Å²) in [5.41, 5.74) is 1.65. The van der Waals surface area contributed by atoms with E-state index in [1.807, 2.05) is 12.1 Å². The van der Waals surface area contributed by atoms with Crippen LogP contribution in [0, 0.1) is 0 Å². The number of nitrogens with one attached hydrogen (secondary N) is 1. The number of ether oxygens (including phenoxy) is 2. The van der Waals surface area contributed by atoms with Crippen LogP contribution in [0.25, 0.3) is 10.2 Å². The van der Waals surface area contributed by atoms with Crippen molar-refractivity contribution >= 4 is 39.1 Å². The lowest BCUT2D eigenvalue weighted by atomic mass is 10.2. The van der Waals surface area contributed by atoms with E-state index in [1.165, 1.54) is 31.0 Å². The van der Waals surface area contributed by atoms with Gasteiger partial charge in [-0.2, -0.15) is 0 Å². The summed E-state index contributed by atoms with van der Waals surface area (Å²) in [6, 6.07) is 5.73. The van der Waals surface area contributed by atoms with Crippen molar-refractivity contribution in [2.75, 3.05) is 32.7 Å². The molecule has 152 valence electrons. The van der Waals surface area contributed by atoms with Crippen LogP contribution in [-0.2, 0) is 16.0 Å². The maximum absolute atomic E-state index is 12.5. The maximum Gasteiger partial charge on any atom is 0.350 e. The minimum absolute atomic E-state index is 0.307. The lowest BCUT2D eigenvalue weighted by Crippen LogP contribution is -2.31. The summed E-state index contributed by atoms with van der Waals surface area (Å²) < 4.78 is 15.3. The van der Waals surface area contributed by atoms with Crippen LogP contribution in [0.4, 0.5) is 5.69 Å².